The van der Waals surface area contributed by atoms with Gasteiger partial charge in [-0.1, -0.05) is 32.4 Å². The average molecular weight is 247 g/mol. The van der Waals surface area contributed by atoms with Gasteiger partial charge in [-0.25, -0.2) is 0 Å². The quantitative estimate of drug-likeness (QED) is 0.786. The zero-order valence-corrected chi connectivity index (χ0v) is 11.1. The molecule has 18 heavy (non-hydrogen) atoms. The first kappa shape index (κ1) is 13.1. The van der Waals surface area contributed by atoms with Crippen LogP contribution in [-0.4, -0.2) is 17.9 Å². The van der Waals surface area contributed by atoms with Gasteiger partial charge in [0.2, 0.25) is 0 Å². The Morgan fingerprint density at radius 1 is 1.50 bits per heavy atom. The maximum atomic E-state index is 12.2. The van der Waals surface area contributed by atoms with Crippen LogP contribution in [0.15, 0.2) is 24.3 Å². The minimum atomic E-state index is -0.425. The van der Waals surface area contributed by atoms with Crippen LogP contribution in [0.25, 0.3) is 0 Å². The lowest BCUT2D eigenvalue weighted by molar-refractivity contribution is 0.0934. The number of nitrogens with two attached hydrogens (primary N) is 1. The number of carbonyl (C=O) groups is 1. The molecule has 1 aliphatic carbocycles. The van der Waals surface area contributed by atoms with Crippen molar-refractivity contribution >= 4 is 5.78 Å². The SMILES string of the molecule is CCC(C)C(N)C(=O)c1cccc(OC2CC2)c1. The van der Waals surface area contributed by atoms with E-state index in [0.717, 1.165) is 25.0 Å². The minimum Gasteiger partial charge on any atom is -0.490 e. The van der Waals surface area contributed by atoms with E-state index in [9.17, 15) is 4.79 Å². The van der Waals surface area contributed by atoms with Gasteiger partial charge in [-0.3, -0.25) is 4.79 Å². The highest BCUT2D eigenvalue weighted by atomic mass is 16.5. The number of hydrogen-bond donors (Lipinski definition) is 1. The summed E-state index contributed by atoms with van der Waals surface area (Å²) in [6.07, 6.45) is 3.49. The molecule has 2 unspecified atom stereocenters. The number of benzene rings is 1. The van der Waals surface area contributed by atoms with Gasteiger partial charge in [0.1, 0.15) is 5.75 Å². The van der Waals surface area contributed by atoms with Crippen LogP contribution in [0.3, 0.4) is 0 Å². The maximum Gasteiger partial charge on any atom is 0.179 e. The van der Waals surface area contributed by atoms with Crippen LogP contribution in [0.2, 0.25) is 0 Å². The van der Waals surface area contributed by atoms with Crippen molar-refractivity contribution < 1.29 is 9.53 Å². The molecular formula is C15H21NO2. The van der Waals surface area contributed by atoms with Crippen LogP contribution < -0.4 is 10.5 Å². The molecule has 3 heteroatoms. The van der Waals surface area contributed by atoms with E-state index < -0.39 is 6.04 Å². The molecule has 0 spiro atoms. The molecule has 0 saturated heterocycles. The first-order chi connectivity index (χ1) is 8.61. The predicted molar refractivity (Wildman–Crippen MR) is 71.9 cm³/mol. The highest BCUT2D eigenvalue weighted by Crippen LogP contribution is 2.27. The van der Waals surface area contributed by atoms with Crippen molar-refractivity contribution in [2.75, 3.05) is 0 Å². The summed E-state index contributed by atoms with van der Waals surface area (Å²) in [6, 6.07) is 6.94. The highest BCUT2D eigenvalue weighted by molar-refractivity contribution is 6.00. The number of ketones is 1. The molecule has 3 nitrogen and oxygen atoms in total. The van der Waals surface area contributed by atoms with Gasteiger partial charge in [0.15, 0.2) is 5.78 Å². The summed E-state index contributed by atoms with van der Waals surface area (Å²) in [4.78, 5) is 12.2. The molecule has 1 aliphatic rings. The van der Waals surface area contributed by atoms with E-state index in [4.69, 9.17) is 10.5 Å². The second-order valence-electron chi connectivity index (χ2n) is 5.12. The number of ether oxygens (including phenoxy) is 1. The lowest BCUT2D eigenvalue weighted by Crippen LogP contribution is -2.36. The van der Waals surface area contributed by atoms with Crippen molar-refractivity contribution in [2.45, 2.75) is 45.3 Å². The minimum absolute atomic E-state index is 0.00518. The first-order valence-corrected chi connectivity index (χ1v) is 6.68. The van der Waals surface area contributed by atoms with Crippen LogP contribution in [-0.2, 0) is 0 Å². The van der Waals surface area contributed by atoms with Crippen LogP contribution in [0.4, 0.5) is 0 Å². The third-order valence-corrected chi connectivity index (χ3v) is 3.51. The standard InChI is InChI=1S/C15H21NO2/c1-3-10(2)14(16)15(17)11-5-4-6-13(9-11)18-12-7-8-12/h4-6,9-10,12,14H,3,7-8,16H2,1-2H3. The van der Waals surface area contributed by atoms with Gasteiger partial charge >= 0.3 is 0 Å². The Kier molecular flexibility index (Phi) is 4.02. The van der Waals surface area contributed by atoms with Gasteiger partial charge in [0, 0.05) is 5.56 Å². The van der Waals surface area contributed by atoms with E-state index in [0.29, 0.717) is 11.7 Å². The average Bonchev–Trinajstić information content (AvgIpc) is 3.20. The molecule has 0 bridgehead atoms. The van der Waals surface area contributed by atoms with Crippen molar-refractivity contribution in [3.8, 4) is 5.75 Å². The zero-order valence-electron chi connectivity index (χ0n) is 11.1. The van der Waals surface area contributed by atoms with E-state index in [1.54, 1.807) is 0 Å². The summed E-state index contributed by atoms with van der Waals surface area (Å²) in [5.41, 5.74) is 6.63. The smallest absolute Gasteiger partial charge is 0.179 e. The summed E-state index contributed by atoms with van der Waals surface area (Å²) in [7, 11) is 0. The molecule has 0 aliphatic heterocycles. The Morgan fingerprint density at radius 3 is 2.83 bits per heavy atom. The second-order valence-corrected chi connectivity index (χ2v) is 5.12. The molecule has 0 heterocycles. The third-order valence-electron chi connectivity index (χ3n) is 3.51. The molecular weight excluding hydrogens is 226 g/mol. The van der Waals surface area contributed by atoms with Crippen LogP contribution in [0, 0.1) is 5.92 Å². The van der Waals surface area contributed by atoms with Crippen molar-refractivity contribution in [1.29, 1.82) is 0 Å². The fourth-order valence-corrected chi connectivity index (χ4v) is 1.81. The van der Waals surface area contributed by atoms with Crippen molar-refractivity contribution in [2.24, 2.45) is 11.7 Å². The number of carbonyl (C=O) groups excluding carboxylic acids is 1. The fourth-order valence-electron chi connectivity index (χ4n) is 1.81. The highest BCUT2D eigenvalue weighted by Gasteiger charge is 2.25. The number of rotatable bonds is 6. The van der Waals surface area contributed by atoms with E-state index in [-0.39, 0.29) is 11.7 Å². The Labute approximate surface area is 108 Å². The Balaban J connectivity index is 2.09. The van der Waals surface area contributed by atoms with Gasteiger partial charge in [-0.2, -0.15) is 0 Å². The third kappa shape index (κ3) is 3.10. The lowest BCUT2D eigenvalue weighted by atomic mass is 9.92. The molecule has 0 aromatic heterocycles. The van der Waals surface area contributed by atoms with Crippen LogP contribution in [0.5, 0.6) is 5.75 Å². The molecule has 0 radical (unpaired) electrons. The molecule has 2 atom stereocenters. The van der Waals surface area contributed by atoms with Crippen molar-refractivity contribution in [3.63, 3.8) is 0 Å². The molecule has 1 aromatic rings. The van der Waals surface area contributed by atoms with Gasteiger partial charge in [-0.15, -0.1) is 0 Å². The molecule has 2 N–H and O–H groups in total. The largest absolute Gasteiger partial charge is 0.490 e. The summed E-state index contributed by atoms with van der Waals surface area (Å²) in [5.74, 6) is 0.982. The Hall–Kier alpha value is -1.35. The van der Waals surface area contributed by atoms with Crippen molar-refractivity contribution in [3.05, 3.63) is 29.8 Å². The molecule has 1 aromatic carbocycles. The molecule has 0 amide bonds. The summed E-state index contributed by atoms with van der Waals surface area (Å²) < 4.78 is 5.69. The summed E-state index contributed by atoms with van der Waals surface area (Å²) >= 11 is 0. The maximum absolute atomic E-state index is 12.2. The van der Waals surface area contributed by atoms with E-state index in [1.807, 2.05) is 38.1 Å². The normalized spacial score (nSPS) is 18.2. The van der Waals surface area contributed by atoms with Crippen LogP contribution >= 0.6 is 0 Å². The first-order valence-electron chi connectivity index (χ1n) is 6.68. The van der Waals surface area contributed by atoms with E-state index in [2.05, 4.69) is 0 Å². The van der Waals surface area contributed by atoms with Gasteiger partial charge in [-0.05, 0) is 30.9 Å². The van der Waals surface area contributed by atoms with E-state index >= 15 is 0 Å². The molecule has 2 rings (SSSR count). The second kappa shape index (κ2) is 5.53. The Morgan fingerprint density at radius 2 is 2.22 bits per heavy atom. The van der Waals surface area contributed by atoms with Gasteiger partial charge in [0.05, 0.1) is 12.1 Å². The zero-order chi connectivity index (χ0) is 13.1. The summed E-state index contributed by atoms with van der Waals surface area (Å²) in [5, 5.41) is 0. The lowest BCUT2D eigenvalue weighted by Gasteiger charge is -2.17. The topological polar surface area (TPSA) is 52.3 Å². The molecule has 1 fully saturated rings. The van der Waals surface area contributed by atoms with Gasteiger partial charge in [0.25, 0.3) is 0 Å². The molecule has 1 saturated carbocycles. The molecule has 98 valence electrons. The fraction of sp³-hybridized carbons (Fsp3) is 0.533. The van der Waals surface area contributed by atoms with Gasteiger partial charge < -0.3 is 10.5 Å². The number of Topliss-reactive ketones (excluding diaryl/α,β-unsaturated/α-hetero) is 1. The predicted octanol–water partition coefficient (Wildman–Crippen LogP) is 2.78. The number of hydrogen-bond acceptors (Lipinski definition) is 3. The van der Waals surface area contributed by atoms with Crippen LogP contribution in [0.1, 0.15) is 43.5 Å². The summed E-state index contributed by atoms with van der Waals surface area (Å²) in [6.45, 7) is 4.05. The van der Waals surface area contributed by atoms with Crippen molar-refractivity contribution in [1.82, 2.24) is 0 Å². The van der Waals surface area contributed by atoms with E-state index in [1.165, 1.54) is 0 Å². The Bertz CT molecular complexity index is 426. The monoisotopic (exact) mass is 247 g/mol.